The van der Waals surface area contributed by atoms with Crippen LogP contribution in [-0.2, 0) is 11.4 Å². The van der Waals surface area contributed by atoms with E-state index < -0.39 is 4.92 Å². The highest BCUT2D eigenvalue weighted by atomic mass is 16.6. The Balaban J connectivity index is 1.49. The predicted molar refractivity (Wildman–Crippen MR) is 129 cm³/mol. The van der Waals surface area contributed by atoms with Gasteiger partial charge < -0.3 is 19.9 Å². The average molecular weight is 480 g/mol. The third kappa shape index (κ3) is 3.88. The Hall–Kier alpha value is -3.62. The molecule has 2 aromatic carbocycles. The van der Waals surface area contributed by atoms with Gasteiger partial charge in [0.05, 0.1) is 23.5 Å². The molecule has 0 heterocycles. The van der Waals surface area contributed by atoms with Crippen LogP contribution in [0.15, 0.2) is 46.7 Å². The molecule has 2 saturated carbocycles. The van der Waals surface area contributed by atoms with Gasteiger partial charge >= 0.3 is 0 Å². The molecule has 0 amide bonds. The minimum atomic E-state index is -0.436. The lowest BCUT2D eigenvalue weighted by Crippen LogP contribution is -2.43. The third-order valence-corrected chi connectivity index (χ3v) is 8.32. The van der Waals surface area contributed by atoms with Crippen LogP contribution in [0.2, 0.25) is 0 Å². The first-order valence-electron chi connectivity index (χ1n) is 11.9. The molecule has 4 atom stereocenters. The molecule has 0 saturated heterocycles. The fourth-order valence-corrected chi connectivity index (χ4v) is 6.58. The molecule has 0 aromatic heterocycles. The SMILES string of the molecule is COc1cc2c(cc1O)C(=NOCc1cccc([N+](=O)[O-])c1)C[C@@H]1[C@@H]2CC[C@]2(C)C(=NO)CC[C@@H]12. The molecule has 0 aliphatic heterocycles. The van der Waals surface area contributed by atoms with E-state index in [1.807, 2.05) is 6.07 Å². The average Bonchev–Trinajstić information content (AvgIpc) is 3.20. The molecule has 3 aliphatic carbocycles. The van der Waals surface area contributed by atoms with Gasteiger partial charge in [-0.15, -0.1) is 0 Å². The molecule has 2 fully saturated rings. The molecule has 35 heavy (non-hydrogen) atoms. The largest absolute Gasteiger partial charge is 0.504 e. The zero-order chi connectivity index (χ0) is 24.7. The van der Waals surface area contributed by atoms with Crippen molar-refractivity contribution in [1.29, 1.82) is 0 Å². The van der Waals surface area contributed by atoms with E-state index in [-0.39, 0.29) is 35.3 Å². The number of hydrogen-bond acceptors (Lipinski definition) is 8. The van der Waals surface area contributed by atoms with Crippen LogP contribution in [0.5, 0.6) is 11.5 Å². The van der Waals surface area contributed by atoms with Gasteiger partial charge in [0.25, 0.3) is 5.69 Å². The Morgan fingerprint density at radius 1 is 1.26 bits per heavy atom. The number of hydrogen-bond donors (Lipinski definition) is 2. The van der Waals surface area contributed by atoms with E-state index in [2.05, 4.69) is 17.2 Å². The Morgan fingerprint density at radius 3 is 2.83 bits per heavy atom. The number of nitro benzene ring substituents is 1. The maximum Gasteiger partial charge on any atom is 0.269 e. The molecule has 2 N–H and O–H groups in total. The summed E-state index contributed by atoms with van der Waals surface area (Å²) in [5.41, 5.74) is 4.08. The fourth-order valence-electron chi connectivity index (χ4n) is 6.58. The van der Waals surface area contributed by atoms with Crippen molar-refractivity contribution in [3.8, 4) is 11.5 Å². The van der Waals surface area contributed by atoms with Gasteiger partial charge in [-0.05, 0) is 73.1 Å². The number of ether oxygens (including phenoxy) is 1. The summed E-state index contributed by atoms with van der Waals surface area (Å²) in [7, 11) is 1.54. The molecule has 0 spiro atoms. The molecule has 5 rings (SSSR count). The number of rotatable bonds is 5. The lowest BCUT2D eigenvalue weighted by atomic mass is 9.55. The number of aromatic hydroxyl groups is 1. The number of oxime groups is 2. The summed E-state index contributed by atoms with van der Waals surface area (Å²) in [6.45, 7) is 2.30. The second-order valence-electron chi connectivity index (χ2n) is 9.97. The van der Waals surface area contributed by atoms with Crippen molar-refractivity contribution >= 4 is 17.1 Å². The van der Waals surface area contributed by atoms with Crippen LogP contribution in [0.25, 0.3) is 0 Å². The number of phenols is 1. The Morgan fingerprint density at radius 2 is 2.09 bits per heavy atom. The van der Waals surface area contributed by atoms with Gasteiger partial charge in [-0.3, -0.25) is 10.1 Å². The number of methoxy groups -OCH3 is 1. The summed E-state index contributed by atoms with van der Waals surface area (Å²) in [5, 5.41) is 39.3. The molecule has 9 nitrogen and oxygen atoms in total. The highest BCUT2D eigenvalue weighted by molar-refractivity contribution is 6.04. The second kappa shape index (κ2) is 8.87. The lowest BCUT2D eigenvalue weighted by molar-refractivity contribution is -0.384. The number of nitrogens with zero attached hydrogens (tertiary/aromatic N) is 3. The topological polar surface area (TPSA) is 127 Å². The van der Waals surface area contributed by atoms with E-state index >= 15 is 0 Å². The summed E-state index contributed by atoms with van der Waals surface area (Å²) in [6, 6.07) is 9.91. The van der Waals surface area contributed by atoms with Gasteiger partial charge in [0.15, 0.2) is 11.5 Å². The smallest absolute Gasteiger partial charge is 0.269 e. The molecule has 9 heteroatoms. The van der Waals surface area contributed by atoms with Gasteiger partial charge in [0, 0.05) is 23.1 Å². The van der Waals surface area contributed by atoms with Crippen molar-refractivity contribution in [2.45, 2.75) is 51.6 Å². The standard InChI is InChI=1S/C26H29N3O6/c1-26-9-8-17-18-13-24(34-2)23(30)12-20(18)22(11-19(17)21(26)6-7-25(26)27-31)28-35-14-15-4-3-5-16(10-15)29(32)33/h3-5,10,12-13,17,19,21,30-31H,6-9,11,14H2,1-2H3/t17-,19-,21+,26+/m1/s1. The minimum Gasteiger partial charge on any atom is -0.504 e. The van der Waals surface area contributed by atoms with Gasteiger partial charge in [0.1, 0.15) is 6.61 Å². The van der Waals surface area contributed by atoms with Crippen molar-refractivity contribution in [2.75, 3.05) is 7.11 Å². The van der Waals surface area contributed by atoms with Crippen molar-refractivity contribution in [3.05, 3.63) is 63.2 Å². The van der Waals surface area contributed by atoms with Crippen molar-refractivity contribution < 1.29 is 24.8 Å². The van der Waals surface area contributed by atoms with Crippen molar-refractivity contribution in [3.63, 3.8) is 0 Å². The van der Waals surface area contributed by atoms with Crippen LogP contribution < -0.4 is 4.74 Å². The zero-order valence-corrected chi connectivity index (χ0v) is 19.8. The van der Waals surface area contributed by atoms with Crippen LogP contribution in [0.1, 0.15) is 61.6 Å². The van der Waals surface area contributed by atoms with E-state index in [0.29, 0.717) is 23.7 Å². The van der Waals surface area contributed by atoms with Crippen LogP contribution in [0, 0.1) is 27.4 Å². The molecular weight excluding hydrogens is 450 g/mol. The molecule has 0 unspecified atom stereocenters. The van der Waals surface area contributed by atoms with Crippen molar-refractivity contribution in [1.82, 2.24) is 0 Å². The highest BCUT2D eigenvalue weighted by Crippen LogP contribution is 2.60. The minimum absolute atomic E-state index is 0.00528. The third-order valence-electron chi connectivity index (χ3n) is 8.32. The van der Waals surface area contributed by atoms with Crippen LogP contribution in [-0.4, -0.2) is 33.8 Å². The molecule has 184 valence electrons. The molecule has 2 aromatic rings. The number of non-ortho nitro benzene ring substituents is 1. The quantitative estimate of drug-likeness (QED) is 0.337. The van der Waals surface area contributed by atoms with Crippen LogP contribution in [0.4, 0.5) is 5.69 Å². The Labute approximate surface area is 203 Å². The first-order valence-corrected chi connectivity index (χ1v) is 11.9. The van der Waals surface area contributed by atoms with Gasteiger partial charge in [-0.25, -0.2) is 0 Å². The fraction of sp³-hybridized carbons (Fsp3) is 0.462. The summed E-state index contributed by atoms with van der Waals surface area (Å²) in [6.07, 6.45) is 4.32. The highest BCUT2D eigenvalue weighted by Gasteiger charge is 2.54. The van der Waals surface area contributed by atoms with E-state index in [1.54, 1.807) is 18.2 Å². The maximum atomic E-state index is 11.1. The number of nitro groups is 1. The monoisotopic (exact) mass is 479 g/mol. The summed E-state index contributed by atoms with van der Waals surface area (Å²) in [4.78, 5) is 16.3. The molecule has 0 bridgehead atoms. The second-order valence-corrected chi connectivity index (χ2v) is 9.97. The summed E-state index contributed by atoms with van der Waals surface area (Å²) >= 11 is 0. The first kappa shape index (κ1) is 23.1. The van der Waals surface area contributed by atoms with Crippen LogP contribution in [0.3, 0.4) is 0 Å². The van der Waals surface area contributed by atoms with E-state index in [4.69, 9.17) is 9.57 Å². The van der Waals surface area contributed by atoms with E-state index in [0.717, 1.165) is 48.2 Å². The van der Waals surface area contributed by atoms with Gasteiger partial charge in [-0.1, -0.05) is 29.4 Å². The number of benzene rings is 2. The lowest BCUT2D eigenvalue weighted by Gasteiger charge is -2.48. The number of fused-ring (bicyclic) bond motifs is 5. The van der Waals surface area contributed by atoms with E-state index in [1.165, 1.54) is 19.2 Å². The molecular formula is C26H29N3O6. The number of phenolic OH excluding ortho intramolecular Hbond substituents is 1. The predicted octanol–water partition coefficient (Wildman–Crippen LogP) is 5.37. The van der Waals surface area contributed by atoms with Crippen LogP contribution >= 0.6 is 0 Å². The Kier molecular flexibility index (Phi) is 5.86. The summed E-state index contributed by atoms with van der Waals surface area (Å²) in [5.74, 6) is 1.40. The van der Waals surface area contributed by atoms with E-state index in [9.17, 15) is 20.4 Å². The maximum absolute atomic E-state index is 11.1. The van der Waals surface area contributed by atoms with Gasteiger partial charge in [-0.2, -0.15) is 0 Å². The van der Waals surface area contributed by atoms with Gasteiger partial charge in [0.2, 0.25) is 0 Å². The van der Waals surface area contributed by atoms with Crippen molar-refractivity contribution in [2.24, 2.45) is 27.6 Å². The zero-order valence-electron chi connectivity index (χ0n) is 19.8. The first-order chi connectivity index (χ1) is 16.9. The molecule has 3 aliphatic rings. The molecule has 0 radical (unpaired) electrons. The Bertz CT molecular complexity index is 1230. The normalized spacial score (nSPS) is 29.4. The summed E-state index contributed by atoms with van der Waals surface area (Å²) < 4.78 is 5.41.